The molecule has 0 unspecified atom stereocenters. The smallest absolute Gasteiger partial charge is 0.100 e. The van der Waals surface area contributed by atoms with Crippen LogP contribution in [0.5, 0.6) is 0 Å². The summed E-state index contributed by atoms with van der Waals surface area (Å²) >= 11 is 0. The summed E-state index contributed by atoms with van der Waals surface area (Å²) in [5.74, 6) is 0. The maximum atomic E-state index is 4.57. The molecule has 0 aliphatic carbocycles. The molecule has 0 aliphatic heterocycles. The molecule has 0 heterocycles. The van der Waals surface area contributed by atoms with Gasteiger partial charge in [0.15, 0.2) is 0 Å². The quantitative estimate of drug-likeness (QED) is 0.464. The highest BCUT2D eigenvalue weighted by molar-refractivity contribution is 6.13. The topological polar surface area (TPSA) is 24.7 Å². The molecule has 0 bridgehead atoms. The van der Waals surface area contributed by atoms with E-state index >= 15 is 0 Å². The van der Waals surface area contributed by atoms with Crippen LogP contribution in [0.4, 0.5) is 0 Å². The highest BCUT2D eigenvalue weighted by Gasteiger charge is 2.06. The molecule has 3 aromatic carbocycles. The first-order valence-corrected chi connectivity index (χ1v) is 8.04. The first-order valence-electron chi connectivity index (χ1n) is 8.04. The van der Waals surface area contributed by atoms with E-state index in [4.69, 9.17) is 0 Å². The van der Waals surface area contributed by atoms with Crippen molar-refractivity contribution in [3.8, 4) is 0 Å². The minimum absolute atomic E-state index is 0.877. The average molecular weight is 312 g/mol. The van der Waals surface area contributed by atoms with Gasteiger partial charge in [-0.3, -0.25) is 0 Å². The van der Waals surface area contributed by atoms with Crippen molar-refractivity contribution in [2.75, 3.05) is 0 Å². The van der Waals surface area contributed by atoms with Gasteiger partial charge in [0, 0.05) is 11.1 Å². The third-order valence-corrected chi connectivity index (χ3v) is 3.86. The number of hydrogen-bond donors (Lipinski definition) is 0. The Hall–Kier alpha value is -3.00. The molecule has 0 spiro atoms. The lowest BCUT2D eigenvalue weighted by Gasteiger charge is -2.06. The molecule has 0 radical (unpaired) electrons. The number of rotatable bonds is 4. The summed E-state index contributed by atoms with van der Waals surface area (Å²) in [4.78, 5) is 0. The van der Waals surface area contributed by atoms with Gasteiger partial charge in [0.1, 0.15) is 5.71 Å². The van der Waals surface area contributed by atoms with Crippen molar-refractivity contribution in [2.45, 2.75) is 13.8 Å². The monoisotopic (exact) mass is 312 g/mol. The molecular formula is C22H20N2. The Kier molecular flexibility index (Phi) is 4.97. The van der Waals surface area contributed by atoms with E-state index in [-0.39, 0.29) is 0 Å². The van der Waals surface area contributed by atoms with Crippen molar-refractivity contribution >= 4 is 11.4 Å². The standard InChI is InChI=1S/C22H20N2/c1-17-13-15-19(16-14-17)18(2)23-24-22(20-9-5-3-6-10-20)21-11-7-4-8-12-21/h3-16H,1-2H3/b23-18-. The summed E-state index contributed by atoms with van der Waals surface area (Å²) < 4.78 is 0. The van der Waals surface area contributed by atoms with Crippen molar-refractivity contribution in [1.29, 1.82) is 0 Å². The van der Waals surface area contributed by atoms with E-state index in [1.165, 1.54) is 5.56 Å². The zero-order chi connectivity index (χ0) is 16.8. The van der Waals surface area contributed by atoms with Crippen LogP contribution < -0.4 is 0 Å². The van der Waals surface area contributed by atoms with Crippen LogP contribution in [0, 0.1) is 6.92 Å². The number of aryl methyl sites for hydroxylation is 1. The third kappa shape index (κ3) is 3.85. The normalized spacial score (nSPS) is 11.2. The molecule has 2 nitrogen and oxygen atoms in total. The van der Waals surface area contributed by atoms with E-state index in [0.717, 1.165) is 28.1 Å². The van der Waals surface area contributed by atoms with Crippen LogP contribution in [-0.4, -0.2) is 11.4 Å². The van der Waals surface area contributed by atoms with Crippen LogP contribution in [0.3, 0.4) is 0 Å². The molecule has 0 amide bonds. The van der Waals surface area contributed by atoms with E-state index in [1.54, 1.807) is 0 Å². The predicted molar refractivity (Wildman–Crippen MR) is 102 cm³/mol. The summed E-state index contributed by atoms with van der Waals surface area (Å²) in [5, 5.41) is 9.05. The lowest BCUT2D eigenvalue weighted by molar-refractivity contribution is 1.22. The largest absolute Gasteiger partial charge is 0.155 e. The van der Waals surface area contributed by atoms with E-state index < -0.39 is 0 Å². The van der Waals surface area contributed by atoms with Crippen molar-refractivity contribution in [3.05, 3.63) is 107 Å². The predicted octanol–water partition coefficient (Wildman–Crippen LogP) is 5.26. The van der Waals surface area contributed by atoms with Gasteiger partial charge < -0.3 is 0 Å². The Bertz CT molecular complexity index is 804. The molecule has 0 saturated carbocycles. The molecule has 3 rings (SSSR count). The lowest BCUT2D eigenvalue weighted by atomic mass is 10.0. The Morgan fingerprint density at radius 2 is 1.08 bits per heavy atom. The van der Waals surface area contributed by atoms with Crippen molar-refractivity contribution < 1.29 is 0 Å². The van der Waals surface area contributed by atoms with Gasteiger partial charge in [0.25, 0.3) is 0 Å². The first kappa shape index (κ1) is 15.9. The summed E-state index contributed by atoms with van der Waals surface area (Å²) in [5.41, 5.74) is 6.23. The van der Waals surface area contributed by atoms with Gasteiger partial charge in [-0.05, 0) is 19.4 Å². The van der Waals surface area contributed by atoms with Crippen LogP contribution in [-0.2, 0) is 0 Å². The summed E-state index contributed by atoms with van der Waals surface area (Å²) in [6.07, 6.45) is 0. The zero-order valence-electron chi connectivity index (χ0n) is 14.0. The Balaban J connectivity index is 2.01. The fourth-order valence-electron chi connectivity index (χ4n) is 2.45. The summed E-state index contributed by atoms with van der Waals surface area (Å²) in [6.45, 7) is 4.07. The minimum Gasteiger partial charge on any atom is -0.155 e. The molecule has 0 N–H and O–H groups in total. The van der Waals surface area contributed by atoms with Crippen LogP contribution >= 0.6 is 0 Å². The summed E-state index contributed by atoms with van der Waals surface area (Å²) in [6, 6.07) is 28.7. The molecule has 0 fully saturated rings. The van der Waals surface area contributed by atoms with Gasteiger partial charge in [0.05, 0.1) is 5.71 Å². The van der Waals surface area contributed by atoms with E-state index in [9.17, 15) is 0 Å². The van der Waals surface area contributed by atoms with E-state index in [1.807, 2.05) is 43.3 Å². The van der Waals surface area contributed by atoms with Crippen molar-refractivity contribution in [2.24, 2.45) is 10.2 Å². The molecule has 118 valence electrons. The molecule has 0 atom stereocenters. The second-order valence-corrected chi connectivity index (χ2v) is 5.73. The van der Waals surface area contributed by atoms with Crippen LogP contribution in [0.15, 0.2) is 95.1 Å². The van der Waals surface area contributed by atoms with Gasteiger partial charge in [-0.25, -0.2) is 0 Å². The molecule has 3 aromatic rings. The maximum Gasteiger partial charge on any atom is 0.100 e. The minimum atomic E-state index is 0.877. The maximum absolute atomic E-state index is 4.57. The highest BCUT2D eigenvalue weighted by Crippen LogP contribution is 2.12. The van der Waals surface area contributed by atoms with Gasteiger partial charge in [-0.15, -0.1) is 5.10 Å². The summed E-state index contributed by atoms with van der Waals surface area (Å²) in [7, 11) is 0. The Morgan fingerprint density at radius 3 is 1.58 bits per heavy atom. The van der Waals surface area contributed by atoms with Gasteiger partial charge >= 0.3 is 0 Å². The second kappa shape index (κ2) is 7.51. The van der Waals surface area contributed by atoms with Crippen molar-refractivity contribution in [3.63, 3.8) is 0 Å². The third-order valence-electron chi connectivity index (χ3n) is 3.86. The van der Waals surface area contributed by atoms with Gasteiger partial charge in [-0.1, -0.05) is 90.5 Å². The Labute approximate surface area is 143 Å². The fraction of sp³-hybridized carbons (Fsp3) is 0.0909. The van der Waals surface area contributed by atoms with Crippen LogP contribution in [0.1, 0.15) is 29.2 Å². The van der Waals surface area contributed by atoms with Crippen LogP contribution in [0.2, 0.25) is 0 Å². The second-order valence-electron chi connectivity index (χ2n) is 5.73. The molecule has 0 aromatic heterocycles. The molecule has 2 heteroatoms. The highest BCUT2D eigenvalue weighted by atomic mass is 15.2. The van der Waals surface area contributed by atoms with Gasteiger partial charge in [-0.2, -0.15) is 5.10 Å². The van der Waals surface area contributed by atoms with Crippen LogP contribution in [0.25, 0.3) is 0 Å². The average Bonchev–Trinajstić information content (AvgIpc) is 2.64. The van der Waals surface area contributed by atoms with E-state index in [0.29, 0.717) is 0 Å². The van der Waals surface area contributed by atoms with E-state index in [2.05, 4.69) is 65.7 Å². The SMILES string of the molecule is C/C(=N/N=C(c1ccccc1)c1ccccc1)c1ccc(C)cc1. The molecular weight excluding hydrogens is 292 g/mol. The fourth-order valence-corrected chi connectivity index (χ4v) is 2.45. The molecule has 0 aliphatic rings. The number of hydrogen-bond acceptors (Lipinski definition) is 2. The number of benzene rings is 3. The zero-order valence-corrected chi connectivity index (χ0v) is 14.0. The first-order chi connectivity index (χ1) is 11.7. The van der Waals surface area contributed by atoms with Crippen molar-refractivity contribution in [1.82, 2.24) is 0 Å². The Morgan fingerprint density at radius 1 is 0.583 bits per heavy atom. The molecule has 24 heavy (non-hydrogen) atoms. The molecule has 0 saturated heterocycles. The van der Waals surface area contributed by atoms with Gasteiger partial charge in [0.2, 0.25) is 0 Å². The number of nitrogens with zero attached hydrogens (tertiary/aromatic N) is 2. The lowest BCUT2D eigenvalue weighted by Crippen LogP contribution is -2.03.